The summed E-state index contributed by atoms with van der Waals surface area (Å²) >= 11 is 1.26. The van der Waals surface area contributed by atoms with E-state index >= 15 is 0 Å². The molecule has 3 N–H and O–H groups in total. The summed E-state index contributed by atoms with van der Waals surface area (Å²) in [4.78, 5) is 12.4. The van der Waals surface area contributed by atoms with E-state index < -0.39 is 0 Å². The van der Waals surface area contributed by atoms with Gasteiger partial charge in [-0.2, -0.15) is 0 Å². The molecule has 1 aromatic carbocycles. The first-order valence-corrected chi connectivity index (χ1v) is 8.33. The second kappa shape index (κ2) is 7.87. The number of amides is 1. The van der Waals surface area contributed by atoms with Crippen molar-refractivity contribution in [1.29, 1.82) is 0 Å². The molecular formula is C15H21N5O2S. The van der Waals surface area contributed by atoms with Crippen LogP contribution in [0, 0.1) is 0 Å². The fraction of sp³-hybridized carbons (Fsp3) is 0.400. The number of anilines is 1. The van der Waals surface area contributed by atoms with Crippen LogP contribution in [0.1, 0.15) is 26.6 Å². The zero-order valence-electron chi connectivity index (χ0n) is 13.4. The van der Waals surface area contributed by atoms with Crippen molar-refractivity contribution in [2.75, 3.05) is 17.8 Å². The number of aromatic nitrogens is 3. The van der Waals surface area contributed by atoms with E-state index in [4.69, 9.17) is 10.6 Å². The molecule has 1 heterocycles. The highest BCUT2D eigenvalue weighted by Crippen LogP contribution is 2.26. The van der Waals surface area contributed by atoms with Crippen molar-refractivity contribution in [2.45, 2.75) is 37.6 Å². The number of thioether (sulfide) groups is 1. The van der Waals surface area contributed by atoms with E-state index in [0.29, 0.717) is 35.4 Å². The van der Waals surface area contributed by atoms with Gasteiger partial charge in [-0.1, -0.05) is 30.8 Å². The molecule has 0 unspecified atom stereocenters. The summed E-state index contributed by atoms with van der Waals surface area (Å²) in [6.45, 7) is 6.18. The Morgan fingerprint density at radius 3 is 2.78 bits per heavy atom. The van der Waals surface area contributed by atoms with Crippen LogP contribution in [-0.4, -0.2) is 32.6 Å². The fourth-order valence-corrected chi connectivity index (χ4v) is 2.72. The van der Waals surface area contributed by atoms with Crippen LogP contribution in [0.5, 0.6) is 5.75 Å². The summed E-state index contributed by atoms with van der Waals surface area (Å²) < 4.78 is 6.92. The molecule has 8 heteroatoms. The smallest absolute Gasteiger partial charge is 0.237 e. The molecule has 1 aromatic heterocycles. The van der Waals surface area contributed by atoms with Crippen LogP contribution in [0.2, 0.25) is 0 Å². The average Bonchev–Trinajstić information content (AvgIpc) is 2.89. The summed E-state index contributed by atoms with van der Waals surface area (Å²) in [6, 6.07) is 7.34. The minimum absolute atomic E-state index is 0.150. The predicted octanol–water partition coefficient (Wildman–Crippen LogP) is 2.07. The first-order valence-electron chi connectivity index (χ1n) is 7.45. The molecule has 0 saturated carbocycles. The van der Waals surface area contributed by atoms with Crippen molar-refractivity contribution in [3.63, 3.8) is 0 Å². The number of carbonyl (C=O) groups excluding carboxylic acids is 1. The molecule has 0 aliphatic heterocycles. The van der Waals surface area contributed by atoms with Gasteiger partial charge in [0.1, 0.15) is 5.75 Å². The minimum Gasteiger partial charge on any atom is -0.492 e. The van der Waals surface area contributed by atoms with Crippen molar-refractivity contribution >= 4 is 23.4 Å². The van der Waals surface area contributed by atoms with Gasteiger partial charge in [-0.15, -0.1) is 10.2 Å². The van der Waals surface area contributed by atoms with E-state index in [1.807, 2.05) is 32.0 Å². The van der Waals surface area contributed by atoms with Crippen LogP contribution in [0.25, 0.3) is 0 Å². The first kappa shape index (κ1) is 17.1. The number of nitrogens with one attached hydrogen (secondary N) is 1. The molecule has 0 spiro atoms. The number of ether oxygens (including phenoxy) is 1. The highest BCUT2D eigenvalue weighted by Gasteiger charge is 2.20. The van der Waals surface area contributed by atoms with E-state index in [1.54, 1.807) is 13.0 Å². The van der Waals surface area contributed by atoms with Crippen molar-refractivity contribution < 1.29 is 9.53 Å². The Morgan fingerprint density at radius 2 is 2.13 bits per heavy atom. The third-order valence-corrected chi connectivity index (χ3v) is 4.20. The molecule has 2 aromatic rings. The van der Waals surface area contributed by atoms with Gasteiger partial charge in [0, 0.05) is 6.42 Å². The third kappa shape index (κ3) is 4.16. The zero-order chi connectivity index (χ0) is 16.8. The molecule has 2 rings (SSSR count). The second-order valence-corrected chi connectivity index (χ2v) is 6.11. The molecule has 124 valence electrons. The normalized spacial score (nSPS) is 12.0. The van der Waals surface area contributed by atoms with Crippen LogP contribution in [-0.2, 0) is 11.2 Å². The lowest BCUT2D eigenvalue weighted by atomic mass is 10.3. The van der Waals surface area contributed by atoms with Crippen LogP contribution < -0.4 is 15.9 Å². The van der Waals surface area contributed by atoms with Gasteiger partial charge < -0.3 is 15.9 Å². The van der Waals surface area contributed by atoms with Gasteiger partial charge in [-0.05, 0) is 26.0 Å². The van der Waals surface area contributed by atoms with E-state index in [2.05, 4.69) is 15.5 Å². The molecule has 0 bridgehead atoms. The lowest BCUT2D eigenvalue weighted by Gasteiger charge is -2.14. The molecule has 0 radical (unpaired) electrons. The molecule has 0 aliphatic carbocycles. The van der Waals surface area contributed by atoms with E-state index in [1.165, 1.54) is 16.4 Å². The Bertz CT molecular complexity index is 674. The number of nitrogens with zero attached hydrogens (tertiary/aromatic N) is 3. The van der Waals surface area contributed by atoms with Gasteiger partial charge in [-0.25, -0.2) is 4.68 Å². The molecular weight excluding hydrogens is 314 g/mol. The third-order valence-electron chi connectivity index (χ3n) is 3.15. The van der Waals surface area contributed by atoms with Crippen molar-refractivity contribution in [1.82, 2.24) is 14.9 Å². The molecule has 1 amide bonds. The number of nitrogens with two attached hydrogens (primary N) is 1. The number of aryl methyl sites for hydroxylation is 1. The number of rotatable bonds is 7. The van der Waals surface area contributed by atoms with Gasteiger partial charge in [0.15, 0.2) is 5.82 Å². The standard InChI is InChI=1S/C15H21N5O2S/c1-4-13-18-19-15(20(13)16)23-10(3)14(21)17-11-8-6-7-9-12(11)22-5-2/h6-10H,4-5,16H2,1-3H3,(H,17,21)/t10-/m1/s1. The Balaban J connectivity index is 2.04. The molecule has 0 saturated heterocycles. The Labute approximate surface area is 139 Å². The van der Waals surface area contributed by atoms with Gasteiger partial charge in [0.2, 0.25) is 11.1 Å². The number of nitrogen functional groups attached to an aromatic ring is 1. The Kier molecular flexibility index (Phi) is 5.86. The molecule has 1 atom stereocenters. The molecule has 7 nitrogen and oxygen atoms in total. The average molecular weight is 335 g/mol. The SMILES string of the molecule is CCOc1ccccc1NC(=O)[C@@H](C)Sc1nnc(CC)n1N. The number of hydrogen-bond acceptors (Lipinski definition) is 6. The Hall–Kier alpha value is -2.22. The largest absolute Gasteiger partial charge is 0.492 e. The lowest BCUT2D eigenvalue weighted by Crippen LogP contribution is -2.24. The molecule has 0 fully saturated rings. The molecule has 23 heavy (non-hydrogen) atoms. The highest BCUT2D eigenvalue weighted by molar-refractivity contribution is 8.00. The van der Waals surface area contributed by atoms with Crippen molar-refractivity contribution in [3.8, 4) is 5.75 Å². The summed E-state index contributed by atoms with van der Waals surface area (Å²) in [7, 11) is 0. The van der Waals surface area contributed by atoms with Crippen LogP contribution in [0.3, 0.4) is 0 Å². The number of hydrogen-bond donors (Lipinski definition) is 2. The van der Waals surface area contributed by atoms with Crippen LogP contribution >= 0.6 is 11.8 Å². The van der Waals surface area contributed by atoms with Crippen LogP contribution in [0.15, 0.2) is 29.4 Å². The number of para-hydroxylation sites is 2. The Morgan fingerprint density at radius 1 is 1.39 bits per heavy atom. The summed E-state index contributed by atoms with van der Waals surface area (Å²) in [5.74, 6) is 7.08. The quantitative estimate of drug-likeness (QED) is 0.594. The monoisotopic (exact) mass is 335 g/mol. The maximum absolute atomic E-state index is 12.4. The van der Waals surface area contributed by atoms with Crippen molar-refractivity contribution in [3.05, 3.63) is 30.1 Å². The fourth-order valence-electron chi connectivity index (χ4n) is 1.93. The second-order valence-electron chi connectivity index (χ2n) is 4.80. The lowest BCUT2D eigenvalue weighted by molar-refractivity contribution is -0.115. The van der Waals surface area contributed by atoms with Gasteiger partial charge in [0.05, 0.1) is 17.5 Å². The van der Waals surface area contributed by atoms with Crippen LogP contribution in [0.4, 0.5) is 5.69 Å². The predicted molar refractivity (Wildman–Crippen MR) is 91.1 cm³/mol. The first-order chi connectivity index (χ1) is 11.1. The summed E-state index contributed by atoms with van der Waals surface area (Å²) in [6.07, 6.45) is 0.687. The van der Waals surface area contributed by atoms with Gasteiger partial charge in [0.25, 0.3) is 0 Å². The topological polar surface area (TPSA) is 95.1 Å². The summed E-state index contributed by atoms with van der Waals surface area (Å²) in [5, 5.41) is 11.0. The zero-order valence-corrected chi connectivity index (χ0v) is 14.3. The van der Waals surface area contributed by atoms with E-state index in [0.717, 1.165) is 0 Å². The minimum atomic E-state index is -0.374. The van der Waals surface area contributed by atoms with Gasteiger partial charge in [-0.3, -0.25) is 4.79 Å². The number of carbonyl (C=O) groups is 1. The molecule has 0 aliphatic rings. The van der Waals surface area contributed by atoms with Crippen molar-refractivity contribution in [2.24, 2.45) is 0 Å². The van der Waals surface area contributed by atoms with E-state index in [9.17, 15) is 4.79 Å². The number of benzene rings is 1. The van der Waals surface area contributed by atoms with Gasteiger partial charge >= 0.3 is 0 Å². The van der Waals surface area contributed by atoms with E-state index in [-0.39, 0.29) is 11.2 Å². The maximum Gasteiger partial charge on any atom is 0.237 e. The highest BCUT2D eigenvalue weighted by atomic mass is 32.2. The maximum atomic E-state index is 12.4. The summed E-state index contributed by atoms with van der Waals surface area (Å²) in [5.41, 5.74) is 0.648.